The summed E-state index contributed by atoms with van der Waals surface area (Å²) >= 11 is 7.22. The number of hydrogen-bond donors (Lipinski definition) is 0. The van der Waals surface area contributed by atoms with Crippen LogP contribution < -0.4 is 0 Å². The van der Waals surface area contributed by atoms with Gasteiger partial charge in [0.1, 0.15) is 27.0 Å². The first-order valence-electron chi connectivity index (χ1n) is 4.68. The Morgan fingerprint density at radius 3 is 2.82 bits per heavy atom. The summed E-state index contributed by atoms with van der Waals surface area (Å²) in [6.45, 7) is 0. The Labute approximate surface area is 107 Å². The largest absolute Gasteiger partial charge is 0.353 e. The number of nitrogens with zero attached hydrogens (tertiary/aromatic N) is 5. The number of halogens is 1. The number of aliphatic imine (C=N–C) groups is 1. The van der Waals surface area contributed by atoms with Crippen molar-refractivity contribution in [1.82, 2.24) is 14.9 Å². The zero-order valence-corrected chi connectivity index (χ0v) is 10.7. The van der Waals surface area contributed by atoms with Crippen LogP contribution in [0.5, 0.6) is 0 Å². The summed E-state index contributed by atoms with van der Waals surface area (Å²) in [5.74, 6) is 0. The molecule has 0 N–H and O–H groups in total. The molecule has 0 bridgehead atoms. The predicted molar refractivity (Wildman–Crippen MR) is 68.8 cm³/mol. The maximum Gasteiger partial charge on any atom is 0.198 e. The topological polar surface area (TPSA) is 65.2 Å². The van der Waals surface area contributed by atoms with Crippen molar-refractivity contribution >= 4 is 44.3 Å². The molecule has 2 rings (SSSR count). The molecule has 5 nitrogen and oxygen atoms in total. The smallest absolute Gasteiger partial charge is 0.198 e. The van der Waals surface area contributed by atoms with Crippen molar-refractivity contribution in [3.8, 4) is 6.07 Å². The Balaban J connectivity index is 2.67. The van der Waals surface area contributed by atoms with E-state index in [0.29, 0.717) is 26.2 Å². The normalized spacial score (nSPS) is 11.5. The van der Waals surface area contributed by atoms with Crippen LogP contribution in [-0.4, -0.2) is 34.3 Å². The van der Waals surface area contributed by atoms with Gasteiger partial charge in [-0.05, 0) is 11.6 Å². The quantitative estimate of drug-likeness (QED) is 0.451. The van der Waals surface area contributed by atoms with Gasteiger partial charge in [0, 0.05) is 26.5 Å². The van der Waals surface area contributed by atoms with Crippen molar-refractivity contribution in [1.29, 1.82) is 5.26 Å². The molecule has 0 atom stereocenters. The second-order valence-electron chi connectivity index (χ2n) is 3.38. The minimum atomic E-state index is 0.298. The van der Waals surface area contributed by atoms with Gasteiger partial charge >= 0.3 is 0 Å². The van der Waals surface area contributed by atoms with Crippen LogP contribution in [0, 0.1) is 11.3 Å². The van der Waals surface area contributed by atoms with Crippen LogP contribution in [0.2, 0.25) is 0 Å². The van der Waals surface area contributed by atoms with Crippen LogP contribution in [0.3, 0.4) is 0 Å². The predicted octanol–water partition coefficient (Wildman–Crippen LogP) is 2.35. The van der Waals surface area contributed by atoms with Crippen molar-refractivity contribution in [3.63, 3.8) is 0 Å². The fourth-order valence-electron chi connectivity index (χ4n) is 1.19. The number of nitriles is 1. The average Bonchev–Trinajstić information content (AvgIpc) is 2.67. The lowest BCUT2D eigenvalue weighted by atomic mass is 10.4. The molecule has 2 heterocycles. The van der Waals surface area contributed by atoms with Crippen molar-refractivity contribution < 1.29 is 0 Å². The Kier molecular flexibility index (Phi) is 3.22. The molecule has 0 aromatic carbocycles. The number of thiophene rings is 1. The second-order valence-corrected chi connectivity index (χ2v) is 4.71. The number of aromatic nitrogens is 2. The van der Waals surface area contributed by atoms with Gasteiger partial charge in [0.25, 0.3) is 0 Å². The third kappa shape index (κ3) is 2.20. The minimum absolute atomic E-state index is 0.298. The first-order chi connectivity index (χ1) is 8.13. The van der Waals surface area contributed by atoms with Crippen molar-refractivity contribution in [2.75, 3.05) is 14.1 Å². The highest BCUT2D eigenvalue weighted by atomic mass is 35.5. The monoisotopic (exact) mass is 265 g/mol. The molecule has 0 spiro atoms. The molecule has 86 valence electrons. The molecule has 17 heavy (non-hydrogen) atoms. The highest BCUT2D eigenvalue weighted by Gasteiger charge is 2.14. The van der Waals surface area contributed by atoms with E-state index in [0.717, 1.165) is 0 Å². The standard InChI is InChI=1S/C10H8ClN5S/c1-16(2)10(11)15-7-6(5-12)17-9-8(7)13-3-4-14-9/h3-4H,1-2H3. The average molecular weight is 266 g/mol. The van der Waals surface area contributed by atoms with Gasteiger partial charge < -0.3 is 4.90 Å². The van der Waals surface area contributed by atoms with E-state index in [1.54, 1.807) is 31.4 Å². The van der Waals surface area contributed by atoms with E-state index in [1.165, 1.54) is 11.3 Å². The van der Waals surface area contributed by atoms with Crippen LogP contribution in [-0.2, 0) is 0 Å². The van der Waals surface area contributed by atoms with E-state index >= 15 is 0 Å². The van der Waals surface area contributed by atoms with E-state index in [9.17, 15) is 0 Å². The fraction of sp³-hybridized carbons (Fsp3) is 0.200. The summed E-state index contributed by atoms with van der Waals surface area (Å²) in [5, 5.41) is 9.35. The lowest BCUT2D eigenvalue weighted by Crippen LogP contribution is -2.15. The van der Waals surface area contributed by atoms with Gasteiger partial charge in [0.2, 0.25) is 0 Å². The fourth-order valence-corrected chi connectivity index (χ4v) is 2.11. The highest BCUT2D eigenvalue weighted by Crippen LogP contribution is 2.35. The van der Waals surface area contributed by atoms with Crippen LogP contribution in [0.4, 0.5) is 5.69 Å². The second kappa shape index (κ2) is 4.65. The molecule has 2 aromatic heterocycles. The van der Waals surface area contributed by atoms with E-state index in [4.69, 9.17) is 16.9 Å². The maximum atomic E-state index is 9.05. The zero-order valence-electron chi connectivity index (χ0n) is 9.18. The van der Waals surface area contributed by atoms with Gasteiger partial charge in [-0.15, -0.1) is 11.3 Å². The van der Waals surface area contributed by atoms with E-state index in [-0.39, 0.29) is 0 Å². The van der Waals surface area contributed by atoms with Crippen molar-refractivity contribution in [2.24, 2.45) is 4.99 Å². The molecule has 0 amide bonds. The lowest BCUT2D eigenvalue weighted by molar-refractivity contribution is 0.635. The minimum Gasteiger partial charge on any atom is -0.353 e. The molecule has 0 aliphatic carbocycles. The van der Waals surface area contributed by atoms with Crippen LogP contribution in [0.25, 0.3) is 10.3 Å². The van der Waals surface area contributed by atoms with Gasteiger partial charge in [0.05, 0.1) is 0 Å². The molecule has 0 unspecified atom stereocenters. The van der Waals surface area contributed by atoms with Gasteiger partial charge in [0.15, 0.2) is 5.29 Å². The summed E-state index contributed by atoms with van der Waals surface area (Å²) < 4.78 is 0. The molecule has 2 aromatic rings. The SMILES string of the molecule is CN(C)C(Cl)=Nc1c(C#N)sc2nccnc12. The number of fused-ring (bicyclic) bond motifs is 1. The maximum absolute atomic E-state index is 9.05. The third-order valence-corrected chi connectivity index (χ3v) is 3.38. The third-order valence-electron chi connectivity index (χ3n) is 1.98. The Morgan fingerprint density at radius 1 is 1.47 bits per heavy atom. The van der Waals surface area contributed by atoms with Crippen LogP contribution in [0.15, 0.2) is 17.4 Å². The van der Waals surface area contributed by atoms with Gasteiger partial charge in [-0.2, -0.15) is 5.26 Å². The molecule has 7 heteroatoms. The van der Waals surface area contributed by atoms with E-state index in [1.807, 2.05) is 0 Å². The number of hydrogen-bond acceptors (Lipinski definition) is 5. The molecule has 0 radical (unpaired) electrons. The van der Waals surface area contributed by atoms with E-state index in [2.05, 4.69) is 21.0 Å². The Bertz CT molecular complexity index is 625. The Morgan fingerprint density at radius 2 is 2.18 bits per heavy atom. The van der Waals surface area contributed by atoms with Crippen LogP contribution >= 0.6 is 22.9 Å². The number of rotatable bonds is 1. The molecule has 0 aliphatic heterocycles. The molecular weight excluding hydrogens is 258 g/mol. The van der Waals surface area contributed by atoms with Gasteiger partial charge in [-0.25, -0.2) is 15.0 Å². The Hall–Kier alpha value is -1.71. The molecular formula is C10H8ClN5S. The summed E-state index contributed by atoms with van der Waals surface area (Å²) in [5.41, 5.74) is 1.09. The molecule has 0 aliphatic rings. The van der Waals surface area contributed by atoms with Gasteiger partial charge in [-0.3, -0.25) is 0 Å². The van der Waals surface area contributed by atoms with Crippen molar-refractivity contribution in [3.05, 3.63) is 17.3 Å². The highest BCUT2D eigenvalue weighted by molar-refractivity contribution is 7.19. The lowest BCUT2D eigenvalue weighted by Gasteiger charge is -2.07. The summed E-state index contributed by atoms with van der Waals surface area (Å²) in [7, 11) is 3.55. The molecule has 0 saturated heterocycles. The zero-order chi connectivity index (χ0) is 12.4. The first-order valence-corrected chi connectivity index (χ1v) is 5.88. The summed E-state index contributed by atoms with van der Waals surface area (Å²) in [6, 6.07) is 2.08. The van der Waals surface area contributed by atoms with Crippen molar-refractivity contribution in [2.45, 2.75) is 0 Å². The van der Waals surface area contributed by atoms with Gasteiger partial charge in [-0.1, -0.05) is 0 Å². The molecule has 0 fully saturated rings. The first kappa shape index (κ1) is 11.8. The van der Waals surface area contributed by atoms with Crippen LogP contribution in [0.1, 0.15) is 4.88 Å². The molecule has 0 saturated carbocycles. The summed E-state index contributed by atoms with van der Waals surface area (Å²) in [6.07, 6.45) is 3.15. The number of amidine groups is 1. The summed E-state index contributed by atoms with van der Waals surface area (Å²) in [4.78, 5) is 15.3. The van der Waals surface area contributed by atoms with E-state index < -0.39 is 0 Å².